The standard InChI is InChI=1S/C14H22O4/c1-6-17-14(18-7-2)11-9-12(15-4)10(3)8-13(11)16-5/h8-9,14H,6-7H2,1-5H3. The van der Waals surface area contributed by atoms with Gasteiger partial charge in [-0.2, -0.15) is 0 Å². The second-order valence-electron chi connectivity index (χ2n) is 3.81. The molecular formula is C14H22O4. The minimum Gasteiger partial charge on any atom is -0.496 e. The third-order valence-corrected chi connectivity index (χ3v) is 2.64. The van der Waals surface area contributed by atoms with Crippen LogP contribution in [0.25, 0.3) is 0 Å². The molecule has 4 heteroatoms. The minimum atomic E-state index is -0.426. The topological polar surface area (TPSA) is 36.9 Å². The smallest absolute Gasteiger partial charge is 0.187 e. The first-order valence-electron chi connectivity index (χ1n) is 6.13. The zero-order valence-electron chi connectivity index (χ0n) is 11.8. The van der Waals surface area contributed by atoms with E-state index in [4.69, 9.17) is 18.9 Å². The summed E-state index contributed by atoms with van der Waals surface area (Å²) < 4.78 is 21.9. The lowest BCUT2D eigenvalue weighted by atomic mass is 10.1. The lowest BCUT2D eigenvalue weighted by Crippen LogP contribution is -2.11. The van der Waals surface area contributed by atoms with Crippen LogP contribution in [0, 0.1) is 6.92 Å². The van der Waals surface area contributed by atoms with Crippen LogP contribution in [-0.4, -0.2) is 27.4 Å². The molecule has 0 saturated carbocycles. The van der Waals surface area contributed by atoms with Gasteiger partial charge in [0.25, 0.3) is 0 Å². The Morgan fingerprint density at radius 1 is 0.944 bits per heavy atom. The fraction of sp³-hybridized carbons (Fsp3) is 0.571. The van der Waals surface area contributed by atoms with E-state index in [-0.39, 0.29) is 0 Å². The van der Waals surface area contributed by atoms with Gasteiger partial charge in [-0.1, -0.05) is 0 Å². The number of rotatable bonds is 7. The van der Waals surface area contributed by atoms with E-state index in [0.717, 1.165) is 22.6 Å². The molecule has 1 rings (SSSR count). The molecule has 0 radical (unpaired) electrons. The third kappa shape index (κ3) is 3.37. The van der Waals surface area contributed by atoms with E-state index in [2.05, 4.69) is 0 Å². The molecule has 102 valence electrons. The molecule has 0 saturated heterocycles. The molecule has 18 heavy (non-hydrogen) atoms. The molecule has 0 aliphatic carbocycles. The van der Waals surface area contributed by atoms with Crippen molar-refractivity contribution in [2.75, 3.05) is 27.4 Å². The second-order valence-corrected chi connectivity index (χ2v) is 3.81. The van der Waals surface area contributed by atoms with Gasteiger partial charge >= 0.3 is 0 Å². The summed E-state index contributed by atoms with van der Waals surface area (Å²) in [5.41, 5.74) is 1.87. The van der Waals surface area contributed by atoms with Crippen LogP contribution >= 0.6 is 0 Å². The molecule has 4 nitrogen and oxygen atoms in total. The van der Waals surface area contributed by atoms with Crippen molar-refractivity contribution in [3.63, 3.8) is 0 Å². The molecule has 0 aromatic heterocycles. The van der Waals surface area contributed by atoms with E-state index in [0.29, 0.717) is 13.2 Å². The molecule has 0 atom stereocenters. The first-order valence-corrected chi connectivity index (χ1v) is 6.13. The van der Waals surface area contributed by atoms with Crippen LogP contribution in [0.1, 0.15) is 31.3 Å². The van der Waals surface area contributed by atoms with E-state index in [1.165, 1.54) is 0 Å². The number of methoxy groups -OCH3 is 2. The molecule has 0 heterocycles. The van der Waals surface area contributed by atoms with Crippen molar-refractivity contribution in [2.45, 2.75) is 27.1 Å². The Kier molecular flexibility index (Phi) is 5.95. The number of hydrogen-bond acceptors (Lipinski definition) is 4. The molecule has 0 N–H and O–H groups in total. The largest absolute Gasteiger partial charge is 0.496 e. The van der Waals surface area contributed by atoms with Crippen LogP contribution < -0.4 is 9.47 Å². The van der Waals surface area contributed by atoms with Gasteiger partial charge in [-0.3, -0.25) is 0 Å². The van der Waals surface area contributed by atoms with Crippen LogP contribution in [0.4, 0.5) is 0 Å². The van der Waals surface area contributed by atoms with Crippen molar-refractivity contribution in [1.29, 1.82) is 0 Å². The van der Waals surface area contributed by atoms with Crippen molar-refractivity contribution in [2.24, 2.45) is 0 Å². The molecule has 0 fully saturated rings. The highest BCUT2D eigenvalue weighted by atomic mass is 16.7. The first kappa shape index (κ1) is 14.8. The van der Waals surface area contributed by atoms with E-state index in [9.17, 15) is 0 Å². The van der Waals surface area contributed by atoms with Crippen molar-refractivity contribution in [3.8, 4) is 11.5 Å². The van der Waals surface area contributed by atoms with Crippen molar-refractivity contribution < 1.29 is 18.9 Å². The van der Waals surface area contributed by atoms with Gasteiger partial charge in [0.2, 0.25) is 0 Å². The van der Waals surface area contributed by atoms with Crippen LogP contribution in [0.3, 0.4) is 0 Å². The molecular weight excluding hydrogens is 232 g/mol. The Morgan fingerprint density at radius 2 is 1.50 bits per heavy atom. The van der Waals surface area contributed by atoms with E-state index in [1.807, 2.05) is 32.9 Å². The number of benzene rings is 1. The lowest BCUT2D eigenvalue weighted by molar-refractivity contribution is -0.141. The zero-order chi connectivity index (χ0) is 13.5. The Morgan fingerprint density at radius 3 is 1.94 bits per heavy atom. The second kappa shape index (κ2) is 7.24. The van der Waals surface area contributed by atoms with Crippen molar-refractivity contribution in [3.05, 3.63) is 23.3 Å². The van der Waals surface area contributed by atoms with Gasteiger partial charge in [0.05, 0.1) is 19.8 Å². The van der Waals surface area contributed by atoms with Crippen LogP contribution in [0.2, 0.25) is 0 Å². The molecule has 0 unspecified atom stereocenters. The summed E-state index contributed by atoms with van der Waals surface area (Å²) in [5, 5.41) is 0. The monoisotopic (exact) mass is 254 g/mol. The van der Waals surface area contributed by atoms with Crippen LogP contribution in [0.15, 0.2) is 12.1 Å². The van der Waals surface area contributed by atoms with E-state index >= 15 is 0 Å². The third-order valence-electron chi connectivity index (χ3n) is 2.64. The molecule has 0 amide bonds. The molecule has 0 aliphatic rings. The van der Waals surface area contributed by atoms with Gasteiger partial charge < -0.3 is 18.9 Å². The Hall–Kier alpha value is -1.26. The first-order chi connectivity index (χ1) is 8.67. The van der Waals surface area contributed by atoms with Crippen molar-refractivity contribution >= 4 is 0 Å². The molecule has 0 aliphatic heterocycles. The number of hydrogen-bond donors (Lipinski definition) is 0. The molecule has 0 bridgehead atoms. The minimum absolute atomic E-state index is 0.426. The average molecular weight is 254 g/mol. The van der Waals surface area contributed by atoms with E-state index < -0.39 is 6.29 Å². The predicted octanol–water partition coefficient (Wildman–Crippen LogP) is 3.08. The summed E-state index contributed by atoms with van der Waals surface area (Å²) in [7, 11) is 3.29. The SMILES string of the molecule is CCOC(OCC)c1cc(OC)c(C)cc1OC. The summed E-state index contributed by atoms with van der Waals surface area (Å²) in [6.45, 7) is 6.99. The molecule has 1 aromatic rings. The van der Waals surface area contributed by atoms with Gasteiger partial charge in [0, 0.05) is 13.2 Å². The van der Waals surface area contributed by atoms with Gasteiger partial charge in [-0.15, -0.1) is 0 Å². The van der Waals surface area contributed by atoms with E-state index in [1.54, 1.807) is 14.2 Å². The quantitative estimate of drug-likeness (QED) is 0.701. The normalized spacial score (nSPS) is 10.8. The fourth-order valence-electron chi connectivity index (χ4n) is 1.79. The summed E-state index contributed by atoms with van der Waals surface area (Å²) in [4.78, 5) is 0. The summed E-state index contributed by atoms with van der Waals surface area (Å²) in [6.07, 6.45) is -0.426. The fourth-order valence-corrected chi connectivity index (χ4v) is 1.79. The lowest BCUT2D eigenvalue weighted by Gasteiger charge is -2.21. The Labute approximate surface area is 109 Å². The Bertz CT molecular complexity index is 370. The van der Waals surface area contributed by atoms with Gasteiger partial charge in [0.15, 0.2) is 6.29 Å². The summed E-state index contributed by atoms with van der Waals surface area (Å²) in [5.74, 6) is 1.55. The van der Waals surface area contributed by atoms with Gasteiger partial charge in [-0.05, 0) is 38.5 Å². The zero-order valence-corrected chi connectivity index (χ0v) is 11.8. The predicted molar refractivity (Wildman–Crippen MR) is 70.3 cm³/mol. The summed E-state index contributed by atoms with van der Waals surface area (Å²) >= 11 is 0. The van der Waals surface area contributed by atoms with Crippen LogP contribution in [-0.2, 0) is 9.47 Å². The highest BCUT2D eigenvalue weighted by Gasteiger charge is 2.19. The Balaban J connectivity index is 3.16. The number of ether oxygens (including phenoxy) is 4. The van der Waals surface area contributed by atoms with Crippen LogP contribution in [0.5, 0.6) is 11.5 Å². The van der Waals surface area contributed by atoms with Gasteiger partial charge in [-0.25, -0.2) is 0 Å². The maximum atomic E-state index is 5.59. The highest BCUT2D eigenvalue weighted by molar-refractivity contribution is 5.46. The number of aryl methyl sites for hydroxylation is 1. The maximum absolute atomic E-state index is 5.59. The molecule has 0 spiro atoms. The maximum Gasteiger partial charge on any atom is 0.187 e. The molecule has 1 aromatic carbocycles. The average Bonchev–Trinajstić information content (AvgIpc) is 2.38. The highest BCUT2D eigenvalue weighted by Crippen LogP contribution is 2.34. The summed E-state index contributed by atoms with van der Waals surface area (Å²) in [6, 6.07) is 3.84. The van der Waals surface area contributed by atoms with Gasteiger partial charge in [0.1, 0.15) is 11.5 Å². The van der Waals surface area contributed by atoms with Crippen molar-refractivity contribution in [1.82, 2.24) is 0 Å².